The first-order valence-corrected chi connectivity index (χ1v) is 13.3. The summed E-state index contributed by atoms with van der Waals surface area (Å²) < 4.78 is 98.2. The summed E-state index contributed by atoms with van der Waals surface area (Å²) in [5, 5.41) is 2.50. The van der Waals surface area contributed by atoms with E-state index in [1.807, 2.05) is 16.7 Å². The maximum atomic E-state index is 15.2. The largest absolute Gasteiger partial charge is 0.573 e. The summed E-state index contributed by atoms with van der Waals surface area (Å²) in [7, 11) is 0. The zero-order valence-corrected chi connectivity index (χ0v) is 23.1. The number of carbonyl (C=O) groups excluding carboxylic acids is 1. The van der Waals surface area contributed by atoms with Crippen molar-refractivity contribution in [3.05, 3.63) is 88.6 Å². The van der Waals surface area contributed by atoms with E-state index in [1.54, 1.807) is 6.07 Å². The minimum atomic E-state index is -4.90. The Bertz CT molecular complexity index is 1640. The third-order valence-corrected chi connectivity index (χ3v) is 7.12. The van der Waals surface area contributed by atoms with Gasteiger partial charge in [0.05, 0.1) is 10.7 Å². The van der Waals surface area contributed by atoms with Gasteiger partial charge in [0.1, 0.15) is 22.9 Å². The maximum Gasteiger partial charge on any atom is 0.573 e. The molecule has 1 aliphatic heterocycles. The van der Waals surface area contributed by atoms with Gasteiger partial charge in [0.2, 0.25) is 0 Å². The molecule has 43 heavy (non-hydrogen) atoms. The monoisotopic (exact) mass is 629 g/mol. The van der Waals surface area contributed by atoms with E-state index >= 15 is 4.39 Å². The Balaban J connectivity index is 1.24. The lowest BCUT2D eigenvalue weighted by atomic mass is 10.1. The number of piperazine rings is 1. The lowest BCUT2D eigenvalue weighted by Gasteiger charge is -2.42. The highest BCUT2D eigenvalue weighted by atomic mass is 35.5. The van der Waals surface area contributed by atoms with Crippen molar-refractivity contribution >= 4 is 34.5 Å². The average Bonchev–Trinajstić information content (AvgIpc) is 3.31. The van der Waals surface area contributed by atoms with Gasteiger partial charge in [0.25, 0.3) is 5.91 Å². The number of aromatic nitrogens is 2. The van der Waals surface area contributed by atoms with Crippen LogP contribution in [0.4, 0.5) is 42.1 Å². The number of halogens is 8. The van der Waals surface area contributed by atoms with Gasteiger partial charge in [-0.15, -0.1) is 13.2 Å². The molecule has 1 N–H and O–H groups in total. The molecule has 0 unspecified atom stereocenters. The summed E-state index contributed by atoms with van der Waals surface area (Å²) in [6.07, 6.45) is -8.53. The van der Waals surface area contributed by atoms with E-state index in [2.05, 4.69) is 15.0 Å². The molecule has 7 nitrogen and oxygen atoms in total. The fraction of sp³-hybridized carbons (Fsp3) is 0.286. The van der Waals surface area contributed by atoms with Crippen molar-refractivity contribution in [1.29, 1.82) is 0 Å². The molecule has 1 atom stereocenters. The van der Waals surface area contributed by atoms with Crippen LogP contribution in [0.5, 0.6) is 5.75 Å². The van der Waals surface area contributed by atoms with Crippen LogP contribution in [0.2, 0.25) is 5.02 Å². The van der Waals surface area contributed by atoms with Crippen molar-refractivity contribution < 1.29 is 40.3 Å². The predicted molar refractivity (Wildman–Crippen MR) is 145 cm³/mol. The van der Waals surface area contributed by atoms with E-state index in [0.29, 0.717) is 36.6 Å². The SMILES string of the molecule is C[C@H]1CN(c2ccc(CNC(=O)c3c(C(F)(F)F)nc4ccc(Cl)cn34)cc2F)CCN1c1ccc(OC(F)(F)F)cc1. The minimum absolute atomic E-state index is 0.105. The molecule has 2 aromatic heterocycles. The molecule has 15 heteroatoms. The smallest absolute Gasteiger partial charge is 0.406 e. The van der Waals surface area contributed by atoms with Crippen LogP contribution in [0, 0.1) is 5.82 Å². The van der Waals surface area contributed by atoms with Crippen LogP contribution < -0.4 is 19.9 Å². The fourth-order valence-corrected chi connectivity index (χ4v) is 5.18. The van der Waals surface area contributed by atoms with Crippen LogP contribution in [-0.2, 0) is 12.7 Å². The molecule has 1 saturated heterocycles. The predicted octanol–water partition coefficient (Wildman–Crippen LogP) is 6.69. The number of carbonyl (C=O) groups is 1. The molecule has 0 aliphatic carbocycles. The molecule has 1 amide bonds. The summed E-state index contributed by atoms with van der Waals surface area (Å²) in [6, 6.07) is 12.3. The van der Waals surface area contributed by atoms with E-state index in [9.17, 15) is 31.1 Å². The quantitative estimate of drug-likeness (QED) is 0.241. The second-order valence-corrected chi connectivity index (χ2v) is 10.3. The van der Waals surface area contributed by atoms with Crippen LogP contribution in [-0.4, -0.2) is 47.3 Å². The van der Waals surface area contributed by atoms with E-state index in [4.69, 9.17) is 11.6 Å². The number of imidazole rings is 1. The number of hydrogen-bond donors (Lipinski definition) is 1. The first-order chi connectivity index (χ1) is 20.2. The van der Waals surface area contributed by atoms with Crippen molar-refractivity contribution in [2.45, 2.75) is 32.0 Å². The molecule has 0 bridgehead atoms. The molecule has 3 heterocycles. The third-order valence-electron chi connectivity index (χ3n) is 6.90. The zero-order valence-electron chi connectivity index (χ0n) is 22.3. The van der Waals surface area contributed by atoms with Crippen molar-refractivity contribution in [3.8, 4) is 5.75 Å². The van der Waals surface area contributed by atoms with Gasteiger partial charge in [0.15, 0.2) is 5.69 Å². The molecule has 4 aromatic rings. The lowest BCUT2D eigenvalue weighted by molar-refractivity contribution is -0.274. The Hall–Kier alpha value is -4.20. The number of nitrogens with zero attached hydrogens (tertiary/aromatic N) is 4. The molecule has 0 saturated carbocycles. The van der Waals surface area contributed by atoms with Crippen LogP contribution >= 0.6 is 11.6 Å². The summed E-state index contributed by atoms with van der Waals surface area (Å²) in [6.45, 7) is 2.93. The van der Waals surface area contributed by atoms with Crippen LogP contribution in [0.3, 0.4) is 0 Å². The Kier molecular flexibility index (Phi) is 8.07. The van der Waals surface area contributed by atoms with Gasteiger partial charge >= 0.3 is 12.5 Å². The maximum absolute atomic E-state index is 15.2. The molecule has 1 fully saturated rings. The number of pyridine rings is 1. The Labute approximate surface area is 245 Å². The topological polar surface area (TPSA) is 62.1 Å². The number of rotatable bonds is 6. The van der Waals surface area contributed by atoms with E-state index in [-0.39, 0.29) is 29.0 Å². The molecule has 1 aliphatic rings. The number of fused-ring (bicyclic) bond motifs is 1. The van der Waals surface area contributed by atoms with Gasteiger partial charge in [-0.3, -0.25) is 9.20 Å². The molecular formula is C28H23ClF7N5O2. The van der Waals surface area contributed by atoms with E-state index < -0.39 is 35.7 Å². The van der Waals surface area contributed by atoms with Gasteiger partial charge in [-0.1, -0.05) is 17.7 Å². The summed E-state index contributed by atoms with van der Waals surface area (Å²) in [5.41, 5.74) is -0.910. The van der Waals surface area contributed by atoms with Crippen molar-refractivity contribution in [3.63, 3.8) is 0 Å². The second kappa shape index (κ2) is 11.5. The van der Waals surface area contributed by atoms with Crippen molar-refractivity contribution in [2.75, 3.05) is 29.4 Å². The third kappa shape index (κ3) is 6.74. The van der Waals surface area contributed by atoms with Gasteiger partial charge in [0, 0.05) is 44.1 Å². The van der Waals surface area contributed by atoms with E-state index in [1.165, 1.54) is 48.5 Å². The summed E-state index contributed by atoms with van der Waals surface area (Å²) in [4.78, 5) is 20.2. The molecule has 2 aromatic carbocycles. The summed E-state index contributed by atoms with van der Waals surface area (Å²) >= 11 is 5.91. The standard InChI is InChI=1S/C28H23ClF7N5O2/c1-16-14-39(10-11-40(16)19-4-6-20(7-5-19)43-28(34,35)36)22-8-2-17(12-21(22)30)13-37-26(42)24-25(27(31,32)33)38-23-9-3-18(29)15-41(23)24/h2-9,12,15-16H,10-11,13-14H2,1H3,(H,37,42)/t16-/m0/s1. The normalized spacial score (nSPS) is 16.1. The van der Waals surface area contributed by atoms with Crippen LogP contribution in [0.25, 0.3) is 5.65 Å². The number of alkyl halides is 6. The average molecular weight is 630 g/mol. The fourth-order valence-electron chi connectivity index (χ4n) is 5.02. The lowest BCUT2D eigenvalue weighted by Crippen LogP contribution is -2.52. The highest BCUT2D eigenvalue weighted by Gasteiger charge is 2.40. The van der Waals surface area contributed by atoms with Crippen molar-refractivity contribution in [2.24, 2.45) is 0 Å². The molecule has 0 spiro atoms. The van der Waals surface area contributed by atoms with E-state index in [0.717, 1.165) is 10.6 Å². The highest BCUT2D eigenvalue weighted by Crippen LogP contribution is 2.33. The first kappa shape index (κ1) is 30.3. The first-order valence-electron chi connectivity index (χ1n) is 12.9. The molecular weight excluding hydrogens is 607 g/mol. The number of anilines is 2. The highest BCUT2D eigenvalue weighted by molar-refractivity contribution is 6.30. The molecule has 228 valence electrons. The zero-order chi connectivity index (χ0) is 31.1. The second-order valence-electron chi connectivity index (χ2n) is 9.88. The number of ether oxygens (including phenoxy) is 1. The van der Waals surface area contributed by atoms with Gasteiger partial charge in [-0.2, -0.15) is 13.2 Å². The number of nitrogens with one attached hydrogen (secondary N) is 1. The minimum Gasteiger partial charge on any atom is -0.406 e. The number of hydrogen-bond acceptors (Lipinski definition) is 5. The number of amides is 1. The molecule has 5 rings (SSSR count). The van der Waals surface area contributed by atoms with Gasteiger partial charge in [-0.25, -0.2) is 9.37 Å². The van der Waals surface area contributed by atoms with Crippen LogP contribution in [0.15, 0.2) is 60.8 Å². The van der Waals surface area contributed by atoms with Crippen LogP contribution in [0.1, 0.15) is 28.7 Å². The van der Waals surface area contributed by atoms with Gasteiger partial charge in [-0.05, 0) is 61.0 Å². The Morgan fingerprint density at radius 2 is 1.77 bits per heavy atom. The van der Waals surface area contributed by atoms with Crippen molar-refractivity contribution in [1.82, 2.24) is 14.7 Å². The molecule has 0 radical (unpaired) electrons. The Morgan fingerprint density at radius 1 is 1.05 bits per heavy atom. The number of benzene rings is 2. The summed E-state index contributed by atoms with van der Waals surface area (Å²) in [5.74, 6) is -1.97. The van der Waals surface area contributed by atoms with Gasteiger partial charge < -0.3 is 19.9 Å². The Morgan fingerprint density at radius 3 is 2.40 bits per heavy atom.